The minimum absolute atomic E-state index is 0.580. The fourth-order valence-electron chi connectivity index (χ4n) is 1.18. The Bertz CT molecular complexity index is 408. The van der Waals surface area contributed by atoms with E-state index in [-0.39, 0.29) is 0 Å². The molecule has 0 fully saturated rings. The summed E-state index contributed by atoms with van der Waals surface area (Å²) in [4.78, 5) is 9.40. The zero-order valence-corrected chi connectivity index (χ0v) is 7.56. The van der Waals surface area contributed by atoms with E-state index in [0.29, 0.717) is 5.82 Å². The van der Waals surface area contributed by atoms with Crippen molar-refractivity contribution in [1.82, 2.24) is 9.97 Å². The molecule has 2 aromatic heterocycles. The van der Waals surface area contributed by atoms with Gasteiger partial charge in [-0.2, -0.15) is 0 Å². The maximum atomic E-state index is 5.68. The quantitative estimate of drug-likeness (QED) is 0.726. The topological polar surface area (TPSA) is 51.8 Å². The molecule has 0 atom stereocenters. The Morgan fingerprint density at radius 3 is 3.08 bits per heavy atom. The largest absolute Gasteiger partial charge is 0.383 e. The van der Waals surface area contributed by atoms with Crippen molar-refractivity contribution in [3.63, 3.8) is 0 Å². The summed E-state index contributed by atoms with van der Waals surface area (Å²) in [6.45, 7) is 2.11. The van der Waals surface area contributed by atoms with E-state index in [1.165, 1.54) is 11.2 Å². The molecule has 2 aromatic rings. The van der Waals surface area contributed by atoms with Gasteiger partial charge in [0.25, 0.3) is 0 Å². The Morgan fingerprint density at radius 1 is 1.50 bits per heavy atom. The SMILES string of the molecule is CCc1scc2c(N)ncnc12. The summed E-state index contributed by atoms with van der Waals surface area (Å²) in [5.41, 5.74) is 6.69. The first kappa shape index (κ1) is 7.49. The van der Waals surface area contributed by atoms with Crippen LogP contribution in [0.2, 0.25) is 0 Å². The molecule has 0 amide bonds. The van der Waals surface area contributed by atoms with E-state index in [0.717, 1.165) is 17.3 Å². The second kappa shape index (κ2) is 2.71. The zero-order valence-electron chi connectivity index (χ0n) is 6.74. The van der Waals surface area contributed by atoms with E-state index >= 15 is 0 Å². The highest BCUT2D eigenvalue weighted by atomic mass is 32.1. The van der Waals surface area contributed by atoms with Crippen LogP contribution in [0.3, 0.4) is 0 Å². The summed E-state index contributed by atoms with van der Waals surface area (Å²) in [6, 6.07) is 0. The van der Waals surface area contributed by atoms with Gasteiger partial charge in [0.1, 0.15) is 12.1 Å². The van der Waals surface area contributed by atoms with Crippen molar-refractivity contribution in [3.05, 3.63) is 16.6 Å². The molecule has 0 aliphatic carbocycles. The van der Waals surface area contributed by atoms with E-state index in [9.17, 15) is 0 Å². The lowest BCUT2D eigenvalue weighted by Crippen LogP contribution is -1.91. The van der Waals surface area contributed by atoms with Crippen molar-refractivity contribution < 1.29 is 0 Å². The average Bonchev–Trinajstić information content (AvgIpc) is 2.49. The van der Waals surface area contributed by atoms with Gasteiger partial charge in [-0.25, -0.2) is 9.97 Å². The molecule has 12 heavy (non-hydrogen) atoms. The number of thiophene rings is 1. The monoisotopic (exact) mass is 179 g/mol. The Labute approximate surface area is 74.3 Å². The highest BCUT2D eigenvalue weighted by Gasteiger charge is 2.05. The molecule has 0 radical (unpaired) electrons. The second-order valence-corrected chi connectivity index (χ2v) is 3.50. The average molecular weight is 179 g/mol. The fourth-order valence-corrected chi connectivity index (χ4v) is 2.12. The van der Waals surface area contributed by atoms with Gasteiger partial charge < -0.3 is 5.73 Å². The number of nitrogens with two attached hydrogens (primary N) is 1. The number of aromatic nitrogens is 2. The van der Waals surface area contributed by atoms with Crippen molar-refractivity contribution in [2.45, 2.75) is 13.3 Å². The summed E-state index contributed by atoms with van der Waals surface area (Å²) in [5, 5.41) is 3.00. The maximum Gasteiger partial charge on any atom is 0.135 e. The van der Waals surface area contributed by atoms with Crippen LogP contribution in [-0.2, 0) is 6.42 Å². The second-order valence-electron chi connectivity index (χ2n) is 2.53. The molecular formula is C8H9N3S. The highest BCUT2D eigenvalue weighted by molar-refractivity contribution is 7.11. The number of nitrogens with zero attached hydrogens (tertiary/aromatic N) is 2. The van der Waals surface area contributed by atoms with Gasteiger partial charge >= 0.3 is 0 Å². The van der Waals surface area contributed by atoms with E-state index < -0.39 is 0 Å². The molecule has 0 aliphatic heterocycles. The molecule has 0 spiro atoms. The smallest absolute Gasteiger partial charge is 0.135 e. The third-order valence-corrected chi connectivity index (χ3v) is 2.94. The Kier molecular flexibility index (Phi) is 1.69. The molecular weight excluding hydrogens is 170 g/mol. The van der Waals surface area contributed by atoms with Gasteiger partial charge in [-0.15, -0.1) is 11.3 Å². The third kappa shape index (κ3) is 0.956. The predicted octanol–water partition coefficient (Wildman–Crippen LogP) is 1.84. The van der Waals surface area contributed by atoms with Crippen LogP contribution in [0.1, 0.15) is 11.8 Å². The van der Waals surface area contributed by atoms with Crippen molar-refractivity contribution >= 4 is 28.1 Å². The number of rotatable bonds is 1. The first-order valence-corrected chi connectivity index (χ1v) is 4.67. The lowest BCUT2D eigenvalue weighted by atomic mass is 10.3. The Morgan fingerprint density at radius 2 is 2.33 bits per heavy atom. The molecule has 0 aromatic carbocycles. The lowest BCUT2D eigenvalue weighted by molar-refractivity contribution is 1.17. The zero-order chi connectivity index (χ0) is 8.55. The van der Waals surface area contributed by atoms with Gasteiger partial charge in [0.05, 0.1) is 10.9 Å². The Hall–Kier alpha value is -1.16. The van der Waals surface area contributed by atoms with Crippen LogP contribution in [0.25, 0.3) is 10.9 Å². The summed E-state index contributed by atoms with van der Waals surface area (Å²) < 4.78 is 0. The van der Waals surface area contributed by atoms with Crippen LogP contribution in [0, 0.1) is 0 Å². The molecule has 0 saturated heterocycles. The Balaban J connectivity index is 2.80. The number of hydrogen-bond donors (Lipinski definition) is 1. The molecule has 0 aliphatic rings. The molecule has 4 heteroatoms. The molecule has 0 bridgehead atoms. The number of nitrogen functional groups attached to an aromatic ring is 1. The molecule has 2 N–H and O–H groups in total. The summed E-state index contributed by atoms with van der Waals surface area (Å²) in [6.07, 6.45) is 2.52. The van der Waals surface area contributed by atoms with Gasteiger partial charge in [-0.3, -0.25) is 0 Å². The van der Waals surface area contributed by atoms with Crippen molar-refractivity contribution in [1.29, 1.82) is 0 Å². The molecule has 2 heterocycles. The summed E-state index contributed by atoms with van der Waals surface area (Å²) >= 11 is 1.69. The van der Waals surface area contributed by atoms with Gasteiger partial charge in [0.2, 0.25) is 0 Å². The minimum Gasteiger partial charge on any atom is -0.383 e. The fraction of sp³-hybridized carbons (Fsp3) is 0.250. The maximum absolute atomic E-state index is 5.68. The van der Waals surface area contributed by atoms with Crippen molar-refractivity contribution in [3.8, 4) is 0 Å². The first-order valence-electron chi connectivity index (χ1n) is 3.79. The van der Waals surface area contributed by atoms with E-state index in [4.69, 9.17) is 5.73 Å². The number of aryl methyl sites for hydroxylation is 1. The number of anilines is 1. The van der Waals surface area contributed by atoms with E-state index in [1.54, 1.807) is 11.3 Å². The van der Waals surface area contributed by atoms with E-state index in [1.807, 2.05) is 5.38 Å². The van der Waals surface area contributed by atoms with Crippen molar-refractivity contribution in [2.24, 2.45) is 0 Å². The lowest BCUT2D eigenvalue weighted by Gasteiger charge is -1.94. The van der Waals surface area contributed by atoms with Gasteiger partial charge in [0.15, 0.2) is 0 Å². The molecule has 2 rings (SSSR count). The predicted molar refractivity (Wildman–Crippen MR) is 51.2 cm³/mol. The van der Waals surface area contributed by atoms with E-state index in [2.05, 4.69) is 16.9 Å². The molecule has 3 nitrogen and oxygen atoms in total. The van der Waals surface area contributed by atoms with Crippen LogP contribution < -0.4 is 5.73 Å². The third-order valence-electron chi connectivity index (χ3n) is 1.82. The van der Waals surface area contributed by atoms with Gasteiger partial charge in [0, 0.05) is 10.3 Å². The number of fused-ring (bicyclic) bond motifs is 1. The first-order chi connectivity index (χ1) is 5.83. The van der Waals surface area contributed by atoms with Crippen LogP contribution in [0.5, 0.6) is 0 Å². The van der Waals surface area contributed by atoms with Crippen LogP contribution in [0.15, 0.2) is 11.7 Å². The molecule has 62 valence electrons. The van der Waals surface area contributed by atoms with Gasteiger partial charge in [-0.05, 0) is 6.42 Å². The molecule has 0 saturated carbocycles. The highest BCUT2D eigenvalue weighted by Crippen LogP contribution is 2.26. The van der Waals surface area contributed by atoms with Crippen LogP contribution in [-0.4, -0.2) is 9.97 Å². The summed E-state index contributed by atoms with van der Waals surface area (Å²) in [5.74, 6) is 0.580. The molecule has 0 unspecified atom stereocenters. The van der Waals surface area contributed by atoms with Crippen LogP contribution >= 0.6 is 11.3 Å². The standard InChI is InChI=1S/C8H9N3S/c1-2-6-7-5(3-12-6)8(9)11-4-10-7/h3-4H,2H2,1H3,(H2,9,10,11). The minimum atomic E-state index is 0.580. The van der Waals surface area contributed by atoms with Crippen molar-refractivity contribution in [2.75, 3.05) is 5.73 Å². The summed E-state index contributed by atoms with van der Waals surface area (Å²) in [7, 11) is 0. The van der Waals surface area contributed by atoms with Crippen LogP contribution in [0.4, 0.5) is 5.82 Å². The number of hydrogen-bond acceptors (Lipinski definition) is 4. The normalized spacial score (nSPS) is 10.8. The van der Waals surface area contributed by atoms with Gasteiger partial charge in [-0.1, -0.05) is 6.92 Å².